The first kappa shape index (κ1) is 17.5. The summed E-state index contributed by atoms with van der Waals surface area (Å²) in [4.78, 5) is 11.4. The second-order valence-electron chi connectivity index (χ2n) is 6.82. The van der Waals surface area contributed by atoms with E-state index in [2.05, 4.69) is 45.5 Å². The van der Waals surface area contributed by atoms with Gasteiger partial charge in [-0.3, -0.25) is 0 Å². The maximum absolute atomic E-state index is 4.70. The van der Waals surface area contributed by atoms with Crippen LogP contribution in [0.15, 0.2) is 48.0 Å². The third-order valence-corrected chi connectivity index (χ3v) is 4.58. The summed E-state index contributed by atoms with van der Waals surface area (Å²) in [6.07, 6.45) is 8.71. The Bertz CT molecular complexity index is 709. The van der Waals surface area contributed by atoms with Gasteiger partial charge in [0.05, 0.1) is 0 Å². The Morgan fingerprint density at radius 1 is 1.12 bits per heavy atom. The molecule has 0 radical (unpaired) electrons. The van der Waals surface area contributed by atoms with Crippen molar-refractivity contribution in [1.82, 2.24) is 9.97 Å². The minimum atomic E-state index is 0.767. The van der Waals surface area contributed by atoms with Crippen molar-refractivity contribution in [1.29, 1.82) is 0 Å². The monoisotopic (exact) mass is 336 g/mol. The minimum Gasteiger partial charge on any atom is -0.370 e. The molecule has 0 amide bonds. The van der Waals surface area contributed by atoms with Crippen molar-refractivity contribution in [3.8, 4) is 0 Å². The van der Waals surface area contributed by atoms with Gasteiger partial charge >= 0.3 is 0 Å². The predicted octanol–water partition coefficient (Wildman–Crippen LogP) is 4.72. The smallest absolute Gasteiger partial charge is 0.227 e. The molecule has 25 heavy (non-hydrogen) atoms. The SMILES string of the molecule is Cc1cc(NCCC2=CCCCC2)nc(N(C)Cc2ccccc2)n1. The Labute approximate surface area is 151 Å². The molecule has 0 aliphatic heterocycles. The van der Waals surface area contributed by atoms with Gasteiger partial charge in [-0.1, -0.05) is 42.0 Å². The van der Waals surface area contributed by atoms with Crippen molar-refractivity contribution in [3.63, 3.8) is 0 Å². The lowest BCUT2D eigenvalue weighted by atomic mass is 9.97. The molecule has 4 heteroatoms. The molecule has 1 aromatic heterocycles. The van der Waals surface area contributed by atoms with E-state index in [0.29, 0.717) is 0 Å². The van der Waals surface area contributed by atoms with E-state index in [0.717, 1.165) is 37.0 Å². The lowest BCUT2D eigenvalue weighted by Crippen LogP contribution is -2.20. The van der Waals surface area contributed by atoms with E-state index in [1.165, 1.54) is 31.2 Å². The number of hydrogen-bond acceptors (Lipinski definition) is 4. The summed E-state index contributed by atoms with van der Waals surface area (Å²) in [5.41, 5.74) is 3.84. The number of aromatic nitrogens is 2. The van der Waals surface area contributed by atoms with Crippen LogP contribution < -0.4 is 10.2 Å². The van der Waals surface area contributed by atoms with Crippen molar-refractivity contribution >= 4 is 11.8 Å². The molecule has 3 rings (SSSR count). The molecular weight excluding hydrogens is 308 g/mol. The molecule has 0 unspecified atom stereocenters. The zero-order chi connectivity index (χ0) is 17.5. The normalized spacial score (nSPS) is 14.1. The first-order chi connectivity index (χ1) is 12.2. The lowest BCUT2D eigenvalue weighted by molar-refractivity contribution is 0.679. The number of hydrogen-bond donors (Lipinski definition) is 1. The van der Waals surface area contributed by atoms with Crippen LogP contribution in [0.4, 0.5) is 11.8 Å². The number of anilines is 2. The van der Waals surface area contributed by atoms with Gasteiger partial charge in [0.15, 0.2) is 0 Å². The Balaban J connectivity index is 1.60. The average Bonchev–Trinajstić information content (AvgIpc) is 2.63. The Kier molecular flexibility index (Phi) is 6.04. The van der Waals surface area contributed by atoms with Crippen LogP contribution in [0.3, 0.4) is 0 Å². The largest absolute Gasteiger partial charge is 0.370 e. The van der Waals surface area contributed by atoms with Crippen molar-refractivity contribution in [3.05, 3.63) is 59.3 Å². The molecule has 0 atom stereocenters. The fourth-order valence-electron chi connectivity index (χ4n) is 3.22. The number of allylic oxidation sites excluding steroid dienone is 1. The maximum atomic E-state index is 4.70. The molecule has 0 saturated carbocycles. The quantitative estimate of drug-likeness (QED) is 0.743. The average molecular weight is 336 g/mol. The van der Waals surface area contributed by atoms with Crippen molar-refractivity contribution in [2.45, 2.75) is 45.6 Å². The highest BCUT2D eigenvalue weighted by molar-refractivity contribution is 5.43. The van der Waals surface area contributed by atoms with Gasteiger partial charge in [0.1, 0.15) is 5.82 Å². The van der Waals surface area contributed by atoms with E-state index >= 15 is 0 Å². The number of nitrogens with one attached hydrogen (secondary N) is 1. The van der Waals surface area contributed by atoms with Gasteiger partial charge in [-0.2, -0.15) is 4.98 Å². The molecule has 0 bridgehead atoms. The highest BCUT2D eigenvalue weighted by Gasteiger charge is 2.09. The summed E-state index contributed by atoms with van der Waals surface area (Å²) in [6, 6.07) is 12.4. The number of rotatable bonds is 7. The fourth-order valence-corrected chi connectivity index (χ4v) is 3.22. The van der Waals surface area contributed by atoms with Crippen molar-refractivity contribution < 1.29 is 0 Å². The van der Waals surface area contributed by atoms with Crippen LogP contribution in [0, 0.1) is 6.92 Å². The Morgan fingerprint density at radius 2 is 1.96 bits per heavy atom. The summed E-state index contributed by atoms with van der Waals surface area (Å²) >= 11 is 0. The van der Waals surface area contributed by atoms with Gasteiger partial charge < -0.3 is 10.2 Å². The fraction of sp³-hybridized carbons (Fsp3) is 0.429. The van der Waals surface area contributed by atoms with Crippen molar-refractivity contribution in [2.75, 3.05) is 23.8 Å². The summed E-state index contributed by atoms with van der Waals surface area (Å²) in [6.45, 7) is 3.76. The van der Waals surface area contributed by atoms with Crippen LogP contribution in [0.25, 0.3) is 0 Å². The zero-order valence-corrected chi connectivity index (χ0v) is 15.3. The van der Waals surface area contributed by atoms with Crippen LogP contribution in [-0.4, -0.2) is 23.6 Å². The molecule has 132 valence electrons. The third-order valence-electron chi connectivity index (χ3n) is 4.58. The predicted molar refractivity (Wildman–Crippen MR) is 105 cm³/mol. The first-order valence-corrected chi connectivity index (χ1v) is 9.23. The Hall–Kier alpha value is -2.36. The molecule has 4 nitrogen and oxygen atoms in total. The van der Waals surface area contributed by atoms with E-state index < -0.39 is 0 Å². The van der Waals surface area contributed by atoms with E-state index in [1.807, 2.05) is 26.1 Å². The summed E-state index contributed by atoms with van der Waals surface area (Å²) in [7, 11) is 2.04. The van der Waals surface area contributed by atoms with Crippen LogP contribution in [0.2, 0.25) is 0 Å². The molecule has 0 spiro atoms. The molecule has 1 heterocycles. The van der Waals surface area contributed by atoms with E-state index in [9.17, 15) is 0 Å². The number of aryl methyl sites for hydroxylation is 1. The molecule has 0 fully saturated rings. The van der Waals surface area contributed by atoms with Gasteiger partial charge in [0.2, 0.25) is 5.95 Å². The molecule has 0 saturated heterocycles. The third kappa shape index (κ3) is 5.31. The van der Waals surface area contributed by atoms with Crippen LogP contribution in [-0.2, 0) is 6.54 Å². The topological polar surface area (TPSA) is 41.1 Å². The first-order valence-electron chi connectivity index (χ1n) is 9.23. The summed E-state index contributed by atoms with van der Waals surface area (Å²) in [5, 5.41) is 3.47. The highest BCUT2D eigenvalue weighted by atomic mass is 15.2. The van der Waals surface area contributed by atoms with Gasteiger partial charge in [-0.05, 0) is 44.6 Å². The van der Waals surface area contributed by atoms with E-state index in [1.54, 1.807) is 5.57 Å². The van der Waals surface area contributed by atoms with Crippen molar-refractivity contribution in [2.24, 2.45) is 0 Å². The van der Waals surface area contributed by atoms with Crippen LogP contribution in [0.1, 0.15) is 43.4 Å². The van der Waals surface area contributed by atoms with Crippen LogP contribution >= 0.6 is 0 Å². The zero-order valence-electron chi connectivity index (χ0n) is 15.3. The van der Waals surface area contributed by atoms with E-state index in [-0.39, 0.29) is 0 Å². The highest BCUT2D eigenvalue weighted by Crippen LogP contribution is 2.20. The molecule has 2 aromatic rings. The summed E-state index contributed by atoms with van der Waals surface area (Å²) < 4.78 is 0. The molecule has 1 aromatic carbocycles. The summed E-state index contributed by atoms with van der Waals surface area (Å²) in [5.74, 6) is 1.68. The van der Waals surface area contributed by atoms with Crippen LogP contribution in [0.5, 0.6) is 0 Å². The second kappa shape index (κ2) is 8.65. The van der Waals surface area contributed by atoms with Gasteiger partial charge in [-0.15, -0.1) is 0 Å². The maximum Gasteiger partial charge on any atom is 0.227 e. The second-order valence-corrected chi connectivity index (χ2v) is 6.82. The number of benzene rings is 1. The van der Waals surface area contributed by atoms with Gasteiger partial charge in [0.25, 0.3) is 0 Å². The molecule has 1 aliphatic rings. The number of nitrogens with zero attached hydrogens (tertiary/aromatic N) is 3. The molecule has 1 aliphatic carbocycles. The minimum absolute atomic E-state index is 0.767. The Morgan fingerprint density at radius 3 is 2.72 bits per heavy atom. The van der Waals surface area contributed by atoms with Gasteiger partial charge in [-0.25, -0.2) is 4.98 Å². The lowest BCUT2D eigenvalue weighted by Gasteiger charge is -2.19. The van der Waals surface area contributed by atoms with E-state index in [4.69, 9.17) is 4.98 Å². The molecular formula is C21H28N4. The molecule has 1 N–H and O–H groups in total. The van der Waals surface area contributed by atoms with Gasteiger partial charge in [0, 0.05) is 31.9 Å². The standard InChI is InChI=1S/C21H28N4/c1-17-15-20(22-14-13-18-9-5-3-6-10-18)24-21(23-17)25(2)16-19-11-7-4-8-12-19/h4,7-9,11-12,15H,3,5-6,10,13-14,16H2,1-2H3,(H,22,23,24).